The summed E-state index contributed by atoms with van der Waals surface area (Å²) >= 11 is 0. The van der Waals surface area contributed by atoms with Gasteiger partial charge in [-0.15, -0.1) is 0 Å². The molecule has 0 atom stereocenters. The standard InChI is InChI=1S/C21H24F2N2O5S/c1-3-29-19-8-5-15(13-20(19)30-4-2)21(26)24-9-11-25(12-10-24)31(27,28)16-6-7-17(22)18(23)14-16/h5-8,13-14H,3-4,9-12H2,1-2H3. The van der Waals surface area contributed by atoms with E-state index >= 15 is 0 Å². The highest BCUT2D eigenvalue weighted by molar-refractivity contribution is 7.89. The van der Waals surface area contributed by atoms with E-state index in [1.807, 2.05) is 13.8 Å². The molecule has 168 valence electrons. The molecule has 2 aromatic carbocycles. The second kappa shape index (κ2) is 9.61. The molecule has 2 aromatic rings. The van der Waals surface area contributed by atoms with E-state index in [1.165, 1.54) is 0 Å². The largest absolute Gasteiger partial charge is 0.490 e. The van der Waals surface area contributed by atoms with Crippen LogP contribution in [0.3, 0.4) is 0 Å². The van der Waals surface area contributed by atoms with E-state index in [0.29, 0.717) is 36.3 Å². The summed E-state index contributed by atoms with van der Waals surface area (Å²) in [6.45, 7) is 4.97. The first-order valence-electron chi connectivity index (χ1n) is 9.92. The Morgan fingerprint density at radius 1 is 0.903 bits per heavy atom. The number of piperazine rings is 1. The van der Waals surface area contributed by atoms with E-state index < -0.39 is 21.7 Å². The molecule has 3 rings (SSSR count). The van der Waals surface area contributed by atoms with Crippen LogP contribution in [0.2, 0.25) is 0 Å². The van der Waals surface area contributed by atoms with Gasteiger partial charge in [0, 0.05) is 31.7 Å². The molecule has 0 aliphatic carbocycles. The number of amides is 1. The first-order chi connectivity index (χ1) is 14.8. The van der Waals surface area contributed by atoms with E-state index in [0.717, 1.165) is 16.4 Å². The molecule has 0 N–H and O–H groups in total. The third-order valence-corrected chi connectivity index (χ3v) is 6.74. The van der Waals surface area contributed by atoms with Gasteiger partial charge >= 0.3 is 0 Å². The summed E-state index contributed by atoms with van der Waals surface area (Å²) in [5.41, 5.74) is 0.406. The molecular weight excluding hydrogens is 430 g/mol. The number of ether oxygens (including phenoxy) is 2. The van der Waals surface area contributed by atoms with E-state index in [9.17, 15) is 22.0 Å². The zero-order valence-electron chi connectivity index (χ0n) is 17.3. The molecule has 0 bridgehead atoms. The van der Waals surface area contributed by atoms with E-state index in [-0.39, 0.29) is 37.0 Å². The summed E-state index contributed by atoms with van der Waals surface area (Å²) in [4.78, 5) is 14.1. The molecule has 10 heteroatoms. The zero-order chi connectivity index (χ0) is 22.6. The van der Waals surface area contributed by atoms with Gasteiger partial charge in [-0.3, -0.25) is 4.79 Å². The molecule has 1 amide bonds. The van der Waals surface area contributed by atoms with Crippen LogP contribution in [0.15, 0.2) is 41.3 Å². The van der Waals surface area contributed by atoms with Crippen LogP contribution in [0.1, 0.15) is 24.2 Å². The van der Waals surface area contributed by atoms with Crippen LogP contribution in [0.4, 0.5) is 8.78 Å². The summed E-state index contributed by atoms with van der Waals surface area (Å²) in [6.07, 6.45) is 0. The molecule has 0 spiro atoms. The third-order valence-electron chi connectivity index (χ3n) is 4.85. The number of benzene rings is 2. The predicted octanol–water partition coefficient (Wildman–Crippen LogP) is 2.91. The van der Waals surface area contributed by atoms with Crippen LogP contribution in [0, 0.1) is 11.6 Å². The average Bonchev–Trinajstić information content (AvgIpc) is 2.76. The highest BCUT2D eigenvalue weighted by atomic mass is 32.2. The topological polar surface area (TPSA) is 76.2 Å². The van der Waals surface area contributed by atoms with Gasteiger partial charge in [-0.2, -0.15) is 4.31 Å². The van der Waals surface area contributed by atoms with Gasteiger partial charge in [0.2, 0.25) is 10.0 Å². The van der Waals surface area contributed by atoms with Crippen molar-refractivity contribution < 1.29 is 31.5 Å². The SMILES string of the molecule is CCOc1ccc(C(=O)N2CCN(S(=O)(=O)c3ccc(F)c(F)c3)CC2)cc1OCC. The molecule has 0 unspecified atom stereocenters. The molecular formula is C21H24F2N2O5S. The Morgan fingerprint density at radius 3 is 2.16 bits per heavy atom. The first-order valence-corrected chi connectivity index (χ1v) is 11.4. The van der Waals surface area contributed by atoms with Gasteiger partial charge in [0.15, 0.2) is 23.1 Å². The van der Waals surface area contributed by atoms with Crippen LogP contribution in [-0.2, 0) is 10.0 Å². The highest BCUT2D eigenvalue weighted by Gasteiger charge is 2.31. The Hall–Kier alpha value is -2.72. The first kappa shape index (κ1) is 23.0. The van der Waals surface area contributed by atoms with Crippen molar-refractivity contribution in [3.05, 3.63) is 53.6 Å². The van der Waals surface area contributed by atoms with Crippen molar-refractivity contribution in [3.63, 3.8) is 0 Å². The lowest BCUT2D eigenvalue weighted by molar-refractivity contribution is 0.0697. The number of carbonyl (C=O) groups is 1. The lowest BCUT2D eigenvalue weighted by atomic mass is 10.1. The van der Waals surface area contributed by atoms with Crippen LogP contribution in [-0.4, -0.2) is 62.9 Å². The summed E-state index contributed by atoms with van der Waals surface area (Å²) in [6, 6.07) is 7.40. The van der Waals surface area contributed by atoms with Gasteiger partial charge in [-0.25, -0.2) is 17.2 Å². The minimum atomic E-state index is -3.99. The van der Waals surface area contributed by atoms with Gasteiger partial charge < -0.3 is 14.4 Å². The molecule has 1 aliphatic heterocycles. The fraction of sp³-hybridized carbons (Fsp3) is 0.381. The van der Waals surface area contributed by atoms with Crippen molar-refractivity contribution in [2.24, 2.45) is 0 Å². The molecule has 31 heavy (non-hydrogen) atoms. The molecule has 0 aromatic heterocycles. The Kier molecular flexibility index (Phi) is 7.11. The maximum atomic E-state index is 13.5. The van der Waals surface area contributed by atoms with Crippen LogP contribution < -0.4 is 9.47 Å². The van der Waals surface area contributed by atoms with Crippen molar-refractivity contribution in [2.45, 2.75) is 18.7 Å². The fourth-order valence-electron chi connectivity index (χ4n) is 3.28. The summed E-state index contributed by atoms with van der Waals surface area (Å²) in [5, 5.41) is 0. The van der Waals surface area contributed by atoms with Gasteiger partial charge in [0.05, 0.1) is 18.1 Å². The quantitative estimate of drug-likeness (QED) is 0.643. The lowest BCUT2D eigenvalue weighted by Gasteiger charge is -2.34. The number of hydrogen-bond donors (Lipinski definition) is 0. The van der Waals surface area contributed by atoms with Crippen molar-refractivity contribution in [1.82, 2.24) is 9.21 Å². The van der Waals surface area contributed by atoms with Gasteiger partial charge in [-0.05, 0) is 50.2 Å². The Morgan fingerprint density at radius 2 is 1.55 bits per heavy atom. The second-order valence-corrected chi connectivity index (χ2v) is 8.74. The number of halogens is 2. The number of carbonyl (C=O) groups excluding carboxylic acids is 1. The van der Waals surface area contributed by atoms with Crippen LogP contribution >= 0.6 is 0 Å². The smallest absolute Gasteiger partial charge is 0.254 e. The predicted molar refractivity (Wildman–Crippen MR) is 110 cm³/mol. The number of nitrogens with zero attached hydrogens (tertiary/aromatic N) is 2. The molecule has 0 saturated carbocycles. The summed E-state index contributed by atoms with van der Waals surface area (Å²) in [5.74, 6) is -1.58. The number of rotatable bonds is 7. The monoisotopic (exact) mass is 454 g/mol. The third kappa shape index (κ3) is 4.96. The van der Waals surface area contributed by atoms with E-state index in [4.69, 9.17) is 9.47 Å². The summed E-state index contributed by atoms with van der Waals surface area (Å²) in [7, 11) is -3.99. The van der Waals surface area contributed by atoms with Crippen molar-refractivity contribution in [2.75, 3.05) is 39.4 Å². The minimum absolute atomic E-state index is 0.0441. The Bertz CT molecular complexity index is 1050. The van der Waals surface area contributed by atoms with Gasteiger partial charge in [0.1, 0.15) is 0 Å². The molecule has 7 nitrogen and oxygen atoms in total. The van der Waals surface area contributed by atoms with Gasteiger partial charge in [-0.1, -0.05) is 0 Å². The summed E-state index contributed by atoms with van der Waals surface area (Å²) < 4.78 is 64.3. The molecule has 0 radical (unpaired) electrons. The van der Waals surface area contributed by atoms with Gasteiger partial charge in [0.25, 0.3) is 5.91 Å². The lowest BCUT2D eigenvalue weighted by Crippen LogP contribution is -2.50. The van der Waals surface area contributed by atoms with E-state index in [1.54, 1.807) is 23.1 Å². The average molecular weight is 454 g/mol. The maximum absolute atomic E-state index is 13.5. The van der Waals surface area contributed by atoms with Crippen molar-refractivity contribution in [3.8, 4) is 11.5 Å². The van der Waals surface area contributed by atoms with Crippen LogP contribution in [0.25, 0.3) is 0 Å². The Balaban J connectivity index is 1.71. The van der Waals surface area contributed by atoms with Crippen molar-refractivity contribution >= 4 is 15.9 Å². The maximum Gasteiger partial charge on any atom is 0.254 e. The molecule has 1 fully saturated rings. The Labute approximate surface area is 180 Å². The highest BCUT2D eigenvalue weighted by Crippen LogP contribution is 2.29. The van der Waals surface area contributed by atoms with E-state index in [2.05, 4.69) is 0 Å². The van der Waals surface area contributed by atoms with Crippen molar-refractivity contribution in [1.29, 1.82) is 0 Å². The minimum Gasteiger partial charge on any atom is -0.490 e. The molecule has 1 saturated heterocycles. The second-order valence-electron chi connectivity index (χ2n) is 6.80. The molecule has 1 heterocycles. The molecule has 1 aliphatic rings. The van der Waals surface area contributed by atoms with Crippen LogP contribution in [0.5, 0.6) is 11.5 Å². The number of hydrogen-bond acceptors (Lipinski definition) is 5. The number of sulfonamides is 1. The zero-order valence-corrected chi connectivity index (χ0v) is 18.1. The fourth-order valence-corrected chi connectivity index (χ4v) is 4.72. The normalized spacial score (nSPS) is 15.0.